The molecule has 7 heteroatoms. The number of halogens is 1. The molecule has 0 amide bonds. The zero-order valence-corrected chi connectivity index (χ0v) is 19.5. The van der Waals surface area contributed by atoms with Crippen LogP contribution in [0.1, 0.15) is 24.2 Å². The Labute approximate surface area is 203 Å². The van der Waals surface area contributed by atoms with Crippen LogP contribution in [0.15, 0.2) is 60.8 Å². The standard InChI is InChI=1S/C22H15ClN4O.C5H9N/c1-3-20-26-17-8-5-4-7-16(17)22(27-20)25-15-10-11-18(14(2)13-15)28-19-9-6-12-24-21(19)23;1-2-6-5-3-4(1)5/h1,4-13H,2H3,(H,25,26,27);4-6H,1-3H2. The molecule has 6 nitrogen and oxygen atoms in total. The molecule has 170 valence electrons. The van der Waals surface area contributed by atoms with E-state index in [4.69, 9.17) is 22.8 Å². The summed E-state index contributed by atoms with van der Waals surface area (Å²) in [5.74, 6) is 5.79. The van der Waals surface area contributed by atoms with Gasteiger partial charge in [-0.25, -0.2) is 15.0 Å². The number of aromatic nitrogens is 3. The molecule has 2 N–H and O–H groups in total. The van der Waals surface area contributed by atoms with Crippen LogP contribution in [0.2, 0.25) is 5.15 Å². The van der Waals surface area contributed by atoms with Gasteiger partial charge < -0.3 is 15.4 Å². The van der Waals surface area contributed by atoms with E-state index in [-0.39, 0.29) is 0 Å². The van der Waals surface area contributed by atoms with Crippen LogP contribution in [0.4, 0.5) is 11.5 Å². The second-order valence-corrected chi connectivity index (χ2v) is 8.76. The van der Waals surface area contributed by atoms with Gasteiger partial charge in [0, 0.05) is 23.3 Å². The van der Waals surface area contributed by atoms with Gasteiger partial charge in [-0.15, -0.1) is 6.42 Å². The lowest BCUT2D eigenvalue weighted by atomic mass is 10.2. The highest BCUT2D eigenvalue weighted by molar-refractivity contribution is 6.30. The van der Waals surface area contributed by atoms with Gasteiger partial charge in [0.15, 0.2) is 10.9 Å². The number of fused-ring (bicyclic) bond motifs is 2. The number of nitrogens with zero attached hydrogens (tertiary/aromatic N) is 3. The Morgan fingerprint density at radius 1 is 1.12 bits per heavy atom. The number of aryl methyl sites for hydroxylation is 1. The highest BCUT2D eigenvalue weighted by atomic mass is 35.5. The molecular weight excluding hydrogens is 446 g/mol. The first-order valence-corrected chi connectivity index (χ1v) is 11.6. The number of nitrogens with one attached hydrogen (secondary N) is 2. The number of pyridine rings is 1. The number of ether oxygens (including phenoxy) is 1. The Balaban J connectivity index is 0.000000343. The van der Waals surface area contributed by atoms with E-state index in [9.17, 15) is 0 Å². The molecule has 1 aliphatic carbocycles. The van der Waals surface area contributed by atoms with Gasteiger partial charge in [-0.3, -0.25) is 0 Å². The molecule has 2 aliphatic rings. The van der Waals surface area contributed by atoms with Crippen LogP contribution in [-0.2, 0) is 0 Å². The fourth-order valence-corrected chi connectivity index (χ4v) is 4.21. The summed E-state index contributed by atoms with van der Waals surface area (Å²) in [6, 6.07) is 18.0. The summed E-state index contributed by atoms with van der Waals surface area (Å²) in [7, 11) is 0. The molecule has 1 saturated heterocycles. The number of benzene rings is 2. The minimum Gasteiger partial charge on any atom is -0.454 e. The van der Waals surface area contributed by atoms with Gasteiger partial charge in [-0.05, 0) is 86.2 Å². The second-order valence-electron chi connectivity index (χ2n) is 8.40. The van der Waals surface area contributed by atoms with E-state index in [1.807, 2.05) is 49.4 Å². The van der Waals surface area contributed by atoms with E-state index < -0.39 is 0 Å². The third-order valence-corrected chi connectivity index (χ3v) is 6.24. The van der Waals surface area contributed by atoms with Crippen LogP contribution < -0.4 is 15.4 Å². The first kappa shape index (κ1) is 22.1. The molecule has 3 heterocycles. The van der Waals surface area contributed by atoms with Crippen LogP contribution >= 0.6 is 11.6 Å². The van der Waals surface area contributed by atoms with Crippen LogP contribution in [0, 0.1) is 25.2 Å². The fourth-order valence-electron chi connectivity index (χ4n) is 4.05. The van der Waals surface area contributed by atoms with Crippen molar-refractivity contribution in [2.24, 2.45) is 5.92 Å². The van der Waals surface area contributed by atoms with Gasteiger partial charge in [0.2, 0.25) is 5.82 Å². The van der Waals surface area contributed by atoms with E-state index in [1.165, 1.54) is 19.4 Å². The van der Waals surface area contributed by atoms with Crippen molar-refractivity contribution in [2.75, 3.05) is 11.9 Å². The largest absolute Gasteiger partial charge is 0.454 e. The van der Waals surface area contributed by atoms with Crippen molar-refractivity contribution in [3.8, 4) is 23.8 Å². The van der Waals surface area contributed by atoms with E-state index in [2.05, 4.69) is 31.5 Å². The zero-order chi connectivity index (χ0) is 23.5. The van der Waals surface area contributed by atoms with Crippen molar-refractivity contribution >= 4 is 34.0 Å². The van der Waals surface area contributed by atoms with Gasteiger partial charge >= 0.3 is 0 Å². The van der Waals surface area contributed by atoms with Gasteiger partial charge in [0.25, 0.3) is 0 Å². The quantitative estimate of drug-likeness (QED) is 0.287. The molecule has 2 aromatic heterocycles. The third-order valence-electron chi connectivity index (χ3n) is 5.96. The predicted octanol–water partition coefficient (Wildman–Crippen LogP) is 5.87. The summed E-state index contributed by atoms with van der Waals surface area (Å²) in [5.41, 5.74) is 2.57. The molecule has 34 heavy (non-hydrogen) atoms. The van der Waals surface area contributed by atoms with E-state index in [0.717, 1.165) is 34.1 Å². The fraction of sp³-hybridized carbons (Fsp3) is 0.222. The minimum absolute atomic E-state index is 0.318. The number of terminal acetylenes is 1. The van der Waals surface area contributed by atoms with E-state index in [1.54, 1.807) is 18.3 Å². The number of piperidine rings is 1. The van der Waals surface area contributed by atoms with Crippen LogP contribution in [0.5, 0.6) is 11.5 Å². The number of hydrogen-bond donors (Lipinski definition) is 2. The number of anilines is 2. The van der Waals surface area contributed by atoms with Crippen molar-refractivity contribution in [3.63, 3.8) is 0 Å². The molecular formula is C27H24ClN5O. The lowest BCUT2D eigenvalue weighted by molar-refractivity contribution is 0.477. The van der Waals surface area contributed by atoms with Crippen molar-refractivity contribution in [3.05, 3.63) is 77.3 Å². The molecule has 1 aliphatic heterocycles. The van der Waals surface area contributed by atoms with Crippen LogP contribution in [0.25, 0.3) is 10.9 Å². The summed E-state index contributed by atoms with van der Waals surface area (Å²) >= 11 is 6.07. The summed E-state index contributed by atoms with van der Waals surface area (Å²) in [4.78, 5) is 12.8. The molecule has 2 aromatic carbocycles. The van der Waals surface area contributed by atoms with Gasteiger partial charge in [-0.1, -0.05) is 23.7 Å². The van der Waals surface area contributed by atoms with Crippen molar-refractivity contribution in [1.82, 2.24) is 20.3 Å². The molecule has 2 atom stereocenters. The Morgan fingerprint density at radius 3 is 2.68 bits per heavy atom. The summed E-state index contributed by atoms with van der Waals surface area (Å²) in [6.07, 6.45) is 10.0. The van der Waals surface area contributed by atoms with Crippen molar-refractivity contribution in [2.45, 2.75) is 25.8 Å². The Hall–Kier alpha value is -3.66. The smallest absolute Gasteiger partial charge is 0.207 e. The Morgan fingerprint density at radius 2 is 2.00 bits per heavy atom. The number of hydrogen-bond acceptors (Lipinski definition) is 6. The molecule has 1 saturated carbocycles. The molecule has 2 unspecified atom stereocenters. The molecule has 0 spiro atoms. The first-order valence-electron chi connectivity index (χ1n) is 11.2. The third kappa shape index (κ3) is 4.96. The zero-order valence-electron chi connectivity index (χ0n) is 18.8. The van der Waals surface area contributed by atoms with Crippen LogP contribution in [-0.4, -0.2) is 27.5 Å². The SMILES string of the molecule is C#Cc1nc(Nc2ccc(Oc3cccnc3Cl)c(C)c2)c2ccccc2n1.C1CC2CC2N1. The Bertz CT molecular complexity index is 1380. The molecule has 4 aromatic rings. The Kier molecular flexibility index (Phi) is 6.31. The first-order chi connectivity index (χ1) is 16.6. The molecule has 6 rings (SSSR count). The average molecular weight is 470 g/mol. The summed E-state index contributed by atoms with van der Waals surface area (Å²) in [5, 5.41) is 7.93. The number of rotatable bonds is 4. The minimum atomic E-state index is 0.318. The predicted molar refractivity (Wildman–Crippen MR) is 136 cm³/mol. The lowest BCUT2D eigenvalue weighted by Gasteiger charge is -2.13. The maximum atomic E-state index is 6.07. The monoisotopic (exact) mass is 469 g/mol. The van der Waals surface area contributed by atoms with Crippen molar-refractivity contribution < 1.29 is 4.74 Å². The lowest BCUT2D eigenvalue weighted by Crippen LogP contribution is -2.10. The average Bonchev–Trinajstić information content (AvgIpc) is 3.46. The highest BCUT2D eigenvalue weighted by Crippen LogP contribution is 2.37. The van der Waals surface area contributed by atoms with Crippen molar-refractivity contribution in [1.29, 1.82) is 0 Å². The summed E-state index contributed by atoms with van der Waals surface area (Å²) in [6.45, 7) is 3.24. The van der Waals surface area contributed by atoms with Gasteiger partial charge in [-0.2, -0.15) is 0 Å². The number of para-hydroxylation sites is 1. The molecule has 2 fully saturated rings. The normalized spacial score (nSPS) is 17.8. The highest BCUT2D eigenvalue weighted by Gasteiger charge is 2.40. The second kappa shape index (κ2) is 9.68. The van der Waals surface area contributed by atoms with Gasteiger partial charge in [0.05, 0.1) is 5.52 Å². The molecule has 0 bridgehead atoms. The maximum absolute atomic E-state index is 6.07. The van der Waals surface area contributed by atoms with Crippen LogP contribution in [0.3, 0.4) is 0 Å². The molecule has 0 radical (unpaired) electrons. The van der Waals surface area contributed by atoms with Gasteiger partial charge in [0.1, 0.15) is 11.6 Å². The van der Waals surface area contributed by atoms with E-state index >= 15 is 0 Å². The van der Waals surface area contributed by atoms with E-state index in [0.29, 0.717) is 28.3 Å². The topological polar surface area (TPSA) is 72.0 Å². The maximum Gasteiger partial charge on any atom is 0.207 e. The summed E-state index contributed by atoms with van der Waals surface area (Å²) < 4.78 is 5.88.